The van der Waals surface area contributed by atoms with Crippen LogP contribution < -0.4 is 9.47 Å². The molecule has 7 heteroatoms. The van der Waals surface area contributed by atoms with Gasteiger partial charge in [0.25, 0.3) is 0 Å². The fourth-order valence-electron chi connectivity index (χ4n) is 2.04. The Hall–Kier alpha value is -2.38. The first-order chi connectivity index (χ1) is 12.2. The average Bonchev–Trinajstić information content (AvgIpc) is 3.32. The van der Waals surface area contributed by atoms with E-state index < -0.39 is 0 Å². The van der Waals surface area contributed by atoms with Crippen molar-refractivity contribution in [2.75, 3.05) is 13.7 Å². The molecule has 0 aliphatic rings. The van der Waals surface area contributed by atoms with Crippen LogP contribution in [0.4, 0.5) is 0 Å². The molecular formula is C18H17NO4S2. The molecule has 0 amide bonds. The molecule has 1 aromatic carbocycles. The van der Waals surface area contributed by atoms with E-state index in [0.29, 0.717) is 5.75 Å². The molecule has 0 saturated carbocycles. The quantitative estimate of drug-likeness (QED) is 0.547. The maximum atomic E-state index is 11.8. The highest BCUT2D eigenvalue weighted by Crippen LogP contribution is 2.25. The minimum absolute atomic E-state index is 0.183. The van der Waals surface area contributed by atoms with Crippen LogP contribution in [-0.4, -0.2) is 24.7 Å². The predicted octanol–water partition coefficient (Wildman–Crippen LogP) is 4.39. The van der Waals surface area contributed by atoms with Gasteiger partial charge in [0.1, 0.15) is 23.1 Å². The van der Waals surface area contributed by atoms with Crippen molar-refractivity contribution >= 4 is 28.6 Å². The van der Waals surface area contributed by atoms with Crippen molar-refractivity contribution in [3.63, 3.8) is 0 Å². The molecule has 0 fully saturated rings. The van der Waals surface area contributed by atoms with Crippen LogP contribution in [-0.2, 0) is 16.1 Å². The highest BCUT2D eigenvalue weighted by atomic mass is 32.1. The van der Waals surface area contributed by atoms with E-state index in [1.54, 1.807) is 54.0 Å². The summed E-state index contributed by atoms with van der Waals surface area (Å²) in [6, 6.07) is 9.23. The average molecular weight is 375 g/mol. The van der Waals surface area contributed by atoms with Gasteiger partial charge in [-0.05, 0) is 35.7 Å². The normalized spacial score (nSPS) is 10.4. The lowest BCUT2D eigenvalue weighted by molar-refractivity contribution is -0.145. The Bertz CT molecular complexity index is 797. The van der Waals surface area contributed by atoms with Crippen LogP contribution in [0.15, 0.2) is 46.5 Å². The van der Waals surface area contributed by atoms with E-state index in [9.17, 15) is 4.79 Å². The van der Waals surface area contributed by atoms with E-state index in [2.05, 4.69) is 4.98 Å². The second kappa shape index (κ2) is 8.64. The van der Waals surface area contributed by atoms with Crippen LogP contribution in [0.1, 0.15) is 12.1 Å². The number of methoxy groups -OCH3 is 1. The maximum absolute atomic E-state index is 11.8. The lowest BCUT2D eigenvalue weighted by Gasteiger charge is -2.07. The zero-order valence-corrected chi connectivity index (χ0v) is 15.3. The second-order valence-electron chi connectivity index (χ2n) is 5.09. The number of benzene rings is 1. The Balaban J connectivity index is 1.39. The molecule has 2 aromatic heterocycles. The van der Waals surface area contributed by atoms with Crippen molar-refractivity contribution in [2.45, 2.75) is 13.0 Å². The van der Waals surface area contributed by atoms with Crippen LogP contribution in [0.5, 0.6) is 11.5 Å². The van der Waals surface area contributed by atoms with Crippen molar-refractivity contribution in [2.24, 2.45) is 0 Å². The SMILES string of the molecule is COc1ccc(OCCC(=O)OCc2csc(-c3ccsc3)n2)cc1. The monoisotopic (exact) mass is 375 g/mol. The molecule has 3 rings (SSSR count). The Morgan fingerprint density at radius 2 is 1.92 bits per heavy atom. The molecule has 130 valence electrons. The van der Waals surface area contributed by atoms with Gasteiger partial charge in [0.15, 0.2) is 0 Å². The number of hydrogen-bond acceptors (Lipinski definition) is 7. The van der Waals surface area contributed by atoms with Crippen molar-refractivity contribution in [1.82, 2.24) is 4.98 Å². The van der Waals surface area contributed by atoms with Gasteiger partial charge >= 0.3 is 5.97 Å². The van der Waals surface area contributed by atoms with Crippen LogP contribution >= 0.6 is 22.7 Å². The number of ether oxygens (including phenoxy) is 3. The van der Waals surface area contributed by atoms with Gasteiger partial charge in [-0.2, -0.15) is 11.3 Å². The molecular weight excluding hydrogens is 358 g/mol. The molecule has 2 heterocycles. The highest BCUT2D eigenvalue weighted by molar-refractivity contribution is 7.14. The maximum Gasteiger partial charge on any atom is 0.309 e. The minimum Gasteiger partial charge on any atom is -0.497 e. The zero-order valence-electron chi connectivity index (χ0n) is 13.6. The van der Waals surface area contributed by atoms with Crippen LogP contribution in [0.25, 0.3) is 10.6 Å². The fraction of sp³-hybridized carbons (Fsp3) is 0.222. The van der Waals surface area contributed by atoms with Crippen LogP contribution in [0.2, 0.25) is 0 Å². The Kier molecular flexibility index (Phi) is 6.03. The number of aromatic nitrogens is 1. The predicted molar refractivity (Wildman–Crippen MR) is 98.3 cm³/mol. The number of nitrogens with zero attached hydrogens (tertiary/aromatic N) is 1. The van der Waals surface area contributed by atoms with Gasteiger partial charge in [-0.15, -0.1) is 11.3 Å². The van der Waals surface area contributed by atoms with Gasteiger partial charge in [0, 0.05) is 16.3 Å². The lowest BCUT2D eigenvalue weighted by Crippen LogP contribution is -2.10. The summed E-state index contributed by atoms with van der Waals surface area (Å²) in [6.07, 6.45) is 0.188. The molecule has 0 aliphatic heterocycles. The zero-order chi connectivity index (χ0) is 17.5. The third-order valence-electron chi connectivity index (χ3n) is 3.34. The van der Waals surface area contributed by atoms with Crippen molar-refractivity contribution in [3.8, 4) is 22.1 Å². The molecule has 0 N–H and O–H groups in total. The fourth-order valence-corrected chi connectivity index (χ4v) is 3.56. The van der Waals surface area contributed by atoms with E-state index in [1.807, 2.05) is 22.2 Å². The van der Waals surface area contributed by atoms with Gasteiger partial charge in [-0.3, -0.25) is 4.79 Å². The summed E-state index contributed by atoms with van der Waals surface area (Å²) in [5, 5.41) is 6.91. The molecule has 0 atom stereocenters. The highest BCUT2D eigenvalue weighted by Gasteiger charge is 2.08. The number of thiazole rings is 1. The number of esters is 1. The van der Waals surface area contributed by atoms with Gasteiger partial charge < -0.3 is 14.2 Å². The third kappa shape index (κ3) is 5.04. The molecule has 3 aromatic rings. The lowest BCUT2D eigenvalue weighted by atomic mass is 10.3. The summed E-state index contributed by atoms with van der Waals surface area (Å²) in [5.41, 5.74) is 1.86. The first-order valence-electron chi connectivity index (χ1n) is 7.64. The molecule has 0 spiro atoms. The van der Waals surface area contributed by atoms with Crippen LogP contribution in [0.3, 0.4) is 0 Å². The Morgan fingerprint density at radius 1 is 1.12 bits per heavy atom. The summed E-state index contributed by atoms with van der Waals surface area (Å²) in [6.45, 7) is 0.449. The van der Waals surface area contributed by atoms with Gasteiger partial charge in [0.2, 0.25) is 0 Å². The van der Waals surface area contributed by atoms with E-state index in [-0.39, 0.29) is 25.6 Å². The smallest absolute Gasteiger partial charge is 0.309 e. The van der Waals surface area contributed by atoms with Crippen molar-refractivity contribution < 1.29 is 19.0 Å². The summed E-state index contributed by atoms with van der Waals surface area (Å²) in [4.78, 5) is 16.3. The van der Waals surface area contributed by atoms with E-state index >= 15 is 0 Å². The number of rotatable bonds is 8. The minimum atomic E-state index is -0.307. The Morgan fingerprint density at radius 3 is 2.64 bits per heavy atom. The Labute approximate surface area is 153 Å². The standard InChI is InChI=1S/C18H17NO4S2/c1-21-15-2-4-16(5-3-15)22-8-6-17(20)23-10-14-12-25-18(19-14)13-7-9-24-11-13/h2-5,7,9,11-12H,6,8,10H2,1H3. The van der Waals surface area contributed by atoms with E-state index in [4.69, 9.17) is 14.2 Å². The summed E-state index contributed by atoms with van der Waals surface area (Å²) in [7, 11) is 1.61. The van der Waals surface area contributed by atoms with E-state index in [1.165, 1.54) is 0 Å². The topological polar surface area (TPSA) is 57.7 Å². The molecule has 0 aliphatic carbocycles. The van der Waals surface area contributed by atoms with Crippen molar-refractivity contribution in [3.05, 3.63) is 52.2 Å². The second-order valence-corrected chi connectivity index (χ2v) is 6.73. The molecule has 5 nitrogen and oxygen atoms in total. The molecule has 25 heavy (non-hydrogen) atoms. The third-order valence-corrected chi connectivity index (χ3v) is 4.96. The number of carbonyl (C=O) groups is 1. The molecule has 0 bridgehead atoms. The number of thiophene rings is 1. The van der Waals surface area contributed by atoms with Gasteiger partial charge in [-0.1, -0.05) is 0 Å². The molecule has 0 radical (unpaired) electrons. The molecule has 0 unspecified atom stereocenters. The van der Waals surface area contributed by atoms with Gasteiger partial charge in [0.05, 0.1) is 25.8 Å². The first-order valence-corrected chi connectivity index (χ1v) is 9.46. The number of hydrogen-bond donors (Lipinski definition) is 0. The largest absolute Gasteiger partial charge is 0.497 e. The number of carbonyl (C=O) groups excluding carboxylic acids is 1. The van der Waals surface area contributed by atoms with E-state index in [0.717, 1.165) is 22.0 Å². The van der Waals surface area contributed by atoms with Gasteiger partial charge in [-0.25, -0.2) is 4.98 Å². The summed E-state index contributed by atoms with van der Waals surface area (Å²) in [5.74, 6) is 1.14. The summed E-state index contributed by atoms with van der Waals surface area (Å²) >= 11 is 3.18. The van der Waals surface area contributed by atoms with Crippen molar-refractivity contribution in [1.29, 1.82) is 0 Å². The molecule has 0 saturated heterocycles. The first kappa shape index (κ1) is 17.4. The summed E-state index contributed by atoms with van der Waals surface area (Å²) < 4.78 is 15.8. The van der Waals surface area contributed by atoms with Crippen LogP contribution in [0, 0.1) is 0 Å².